The first kappa shape index (κ1) is 13.3. The van der Waals surface area contributed by atoms with Crippen molar-refractivity contribution in [1.82, 2.24) is 0 Å². The van der Waals surface area contributed by atoms with E-state index in [-0.39, 0.29) is 23.2 Å². The van der Waals surface area contributed by atoms with Gasteiger partial charge >= 0.3 is 0 Å². The largest absolute Gasteiger partial charge is 0.494 e. The zero-order valence-corrected chi connectivity index (χ0v) is 10.9. The molecule has 0 saturated heterocycles. The van der Waals surface area contributed by atoms with E-state index in [0.29, 0.717) is 0 Å². The molecule has 1 aliphatic carbocycles. The standard InChI is InChI=1S/C14H20FNO2/c1-17-12-6-5-10(9-11(12)15)13(16)14(18-2)7-3-4-8-14/h5-6,9,13H,3-4,7-8,16H2,1-2H3. The first-order valence-electron chi connectivity index (χ1n) is 6.27. The van der Waals surface area contributed by atoms with E-state index in [1.54, 1.807) is 13.2 Å². The summed E-state index contributed by atoms with van der Waals surface area (Å²) < 4.78 is 24.2. The van der Waals surface area contributed by atoms with Gasteiger partial charge in [0.2, 0.25) is 0 Å². The van der Waals surface area contributed by atoms with Crippen LogP contribution in [-0.4, -0.2) is 19.8 Å². The zero-order valence-electron chi connectivity index (χ0n) is 10.9. The highest BCUT2D eigenvalue weighted by atomic mass is 19.1. The summed E-state index contributed by atoms with van der Waals surface area (Å²) in [6, 6.07) is 4.57. The molecule has 2 rings (SSSR count). The summed E-state index contributed by atoms with van der Waals surface area (Å²) in [6.45, 7) is 0. The molecule has 0 bridgehead atoms. The Kier molecular flexibility index (Phi) is 3.88. The highest BCUT2D eigenvalue weighted by molar-refractivity contribution is 5.32. The number of hydrogen-bond acceptors (Lipinski definition) is 3. The molecule has 0 amide bonds. The predicted molar refractivity (Wildman–Crippen MR) is 68.1 cm³/mol. The Morgan fingerprint density at radius 1 is 1.28 bits per heavy atom. The average Bonchev–Trinajstić information content (AvgIpc) is 2.87. The van der Waals surface area contributed by atoms with Gasteiger partial charge in [-0.2, -0.15) is 0 Å². The van der Waals surface area contributed by atoms with Gasteiger partial charge in [-0.25, -0.2) is 4.39 Å². The van der Waals surface area contributed by atoms with Crippen molar-refractivity contribution >= 4 is 0 Å². The Hall–Kier alpha value is -1.13. The molecule has 4 heteroatoms. The van der Waals surface area contributed by atoms with Crippen molar-refractivity contribution in [2.45, 2.75) is 37.3 Å². The fourth-order valence-electron chi connectivity index (χ4n) is 2.80. The number of hydrogen-bond donors (Lipinski definition) is 1. The third-order valence-electron chi connectivity index (χ3n) is 3.96. The summed E-state index contributed by atoms with van der Waals surface area (Å²) in [5, 5.41) is 0. The van der Waals surface area contributed by atoms with E-state index >= 15 is 0 Å². The summed E-state index contributed by atoms with van der Waals surface area (Å²) in [6.07, 6.45) is 4.08. The fraction of sp³-hybridized carbons (Fsp3) is 0.571. The van der Waals surface area contributed by atoms with Gasteiger partial charge in [-0.05, 0) is 30.5 Å². The molecule has 2 N–H and O–H groups in total. The van der Waals surface area contributed by atoms with Gasteiger partial charge in [-0.1, -0.05) is 18.9 Å². The average molecular weight is 253 g/mol. The predicted octanol–water partition coefficient (Wildman–Crippen LogP) is 2.79. The van der Waals surface area contributed by atoms with Crippen LogP contribution in [0.5, 0.6) is 5.75 Å². The van der Waals surface area contributed by atoms with Crippen LogP contribution >= 0.6 is 0 Å². The first-order chi connectivity index (χ1) is 8.63. The van der Waals surface area contributed by atoms with E-state index in [1.807, 2.05) is 6.07 Å². The summed E-state index contributed by atoms with van der Waals surface area (Å²) in [5.41, 5.74) is 6.69. The van der Waals surface area contributed by atoms with Gasteiger partial charge in [-0.15, -0.1) is 0 Å². The molecule has 18 heavy (non-hydrogen) atoms. The lowest BCUT2D eigenvalue weighted by molar-refractivity contribution is -0.0264. The molecule has 1 aromatic rings. The number of ether oxygens (including phenoxy) is 2. The minimum atomic E-state index is -0.380. The molecule has 0 spiro atoms. The molecule has 1 aliphatic rings. The fourth-order valence-corrected chi connectivity index (χ4v) is 2.80. The van der Waals surface area contributed by atoms with E-state index in [0.717, 1.165) is 31.2 Å². The molecule has 1 unspecified atom stereocenters. The monoisotopic (exact) mass is 253 g/mol. The van der Waals surface area contributed by atoms with Crippen LogP contribution in [0, 0.1) is 5.82 Å². The highest BCUT2D eigenvalue weighted by Gasteiger charge is 2.40. The minimum absolute atomic E-state index is 0.240. The second-order valence-corrected chi connectivity index (χ2v) is 4.85. The number of benzene rings is 1. The zero-order chi connectivity index (χ0) is 13.2. The Morgan fingerprint density at radius 2 is 1.94 bits per heavy atom. The van der Waals surface area contributed by atoms with Crippen LogP contribution in [0.2, 0.25) is 0 Å². The van der Waals surface area contributed by atoms with Gasteiger partial charge in [0, 0.05) is 7.11 Å². The van der Waals surface area contributed by atoms with E-state index in [1.165, 1.54) is 13.2 Å². The van der Waals surface area contributed by atoms with Gasteiger partial charge in [-0.3, -0.25) is 0 Å². The van der Waals surface area contributed by atoms with Crippen LogP contribution < -0.4 is 10.5 Å². The van der Waals surface area contributed by atoms with Crippen LogP contribution in [0.25, 0.3) is 0 Å². The van der Waals surface area contributed by atoms with Crippen molar-refractivity contribution in [1.29, 1.82) is 0 Å². The van der Waals surface area contributed by atoms with E-state index in [2.05, 4.69) is 0 Å². The van der Waals surface area contributed by atoms with Crippen LogP contribution in [-0.2, 0) is 4.74 Å². The number of halogens is 1. The Morgan fingerprint density at radius 3 is 2.44 bits per heavy atom. The number of methoxy groups -OCH3 is 2. The molecule has 1 saturated carbocycles. The Balaban J connectivity index is 2.27. The maximum Gasteiger partial charge on any atom is 0.165 e. The van der Waals surface area contributed by atoms with Crippen molar-refractivity contribution in [2.24, 2.45) is 5.73 Å². The van der Waals surface area contributed by atoms with Crippen molar-refractivity contribution in [3.05, 3.63) is 29.6 Å². The second kappa shape index (κ2) is 5.24. The third kappa shape index (κ3) is 2.22. The summed E-state index contributed by atoms with van der Waals surface area (Å²) in [4.78, 5) is 0. The lowest BCUT2D eigenvalue weighted by Gasteiger charge is -2.34. The quantitative estimate of drug-likeness (QED) is 0.897. The number of rotatable bonds is 4. The third-order valence-corrected chi connectivity index (χ3v) is 3.96. The van der Waals surface area contributed by atoms with Crippen LogP contribution in [0.1, 0.15) is 37.3 Å². The molecule has 1 atom stereocenters. The van der Waals surface area contributed by atoms with Crippen LogP contribution in [0.15, 0.2) is 18.2 Å². The SMILES string of the molecule is COc1ccc(C(N)C2(OC)CCCC2)cc1F. The Bertz CT molecular complexity index is 416. The van der Waals surface area contributed by atoms with Crippen molar-refractivity contribution in [3.8, 4) is 5.75 Å². The van der Waals surface area contributed by atoms with Gasteiger partial charge in [0.15, 0.2) is 11.6 Å². The van der Waals surface area contributed by atoms with Crippen molar-refractivity contribution in [3.63, 3.8) is 0 Å². The normalized spacial score (nSPS) is 19.8. The number of nitrogens with two attached hydrogens (primary N) is 1. The topological polar surface area (TPSA) is 44.5 Å². The molecule has 0 radical (unpaired) electrons. The maximum absolute atomic E-state index is 13.7. The second-order valence-electron chi connectivity index (χ2n) is 4.85. The smallest absolute Gasteiger partial charge is 0.165 e. The molecular formula is C14H20FNO2. The molecule has 100 valence electrons. The van der Waals surface area contributed by atoms with Crippen LogP contribution in [0.3, 0.4) is 0 Å². The van der Waals surface area contributed by atoms with Gasteiger partial charge in [0.1, 0.15) is 0 Å². The summed E-state index contributed by atoms with van der Waals surface area (Å²) in [5.74, 6) is -0.140. The highest BCUT2D eigenvalue weighted by Crippen LogP contribution is 2.41. The lowest BCUT2D eigenvalue weighted by atomic mass is 9.87. The molecule has 3 nitrogen and oxygen atoms in total. The van der Waals surface area contributed by atoms with Crippen molar-refractivity contribution in [2.75, 3.05) is 14.2 Å². The van der Waals surface area contributed by atoms with E-state index < -0.39 is 0 Å². The van der Waals surface area contributed by atoms with Gasteiger partial charge < -0.3 is 15.2 Å². The van der Waals surface area contributed by atoms with Gasteiger partial charge in [0.05, 0.1) is 18.8 Å². The van der Waals surface area contributed by atoms with E-state index in [4.69, 9.17) is 15.2 Å². The summed E-state index contributed by atoms with van der Waals surface area (Å²) in [7, 11) is 3.14. The maximum atomic E-state index is 13.7. The molecular weight excluding hydrogens is 233 g/mol. The minimum Gasteiger partial charge on any atom is -0.494 e. The van der Waals surface area contributed by atoms with Crippen molar-refractivity contribution < 1.29 is 13.9 Å². The first-order valence-corrected chi connectivity index (χ1v) is 6.27. The molecule has 0 aromatic heterocycles. The molecule has 0 heterocycles. The van der Waals surface area contributed by atoms with E-state index in [9.17, 15) is 4.39 Å². The lowest BCUT2D eigenvalue weighted by Crippen LogP contribution is -2.40. The molecule has 0 aliphatic heterocycles. The van der Waals surface area contributed by atoms with Gasteiger partial charge in [0.25, 0.3) is 0 Å². The summed E-state index contributed by atoms with van der Waals surface area (Å²) >= 11 is 0. The molecule has 1 aromatic carbocycles. The molecule has 1 fully saturated rings. The Labute approximate surface area is 107 Å². The van der Waals surface area contributed by atoms with Crippen LogP contribution in [0.4, 0.5) is 4.39 Å².